The Hall–Kier alpha value is -1.33. The maximum atomic E-state index is 9.14. The van der Waals surface area contributed by atoms with E-state index in [1.54, 1.807) is 0 Å². The highest BCUT2D eigenvalue weighted by Gasteiger charge is 2.13. The second-order valence-electron chi connectivity index (χ2n) is 3.82. The first-order valence-electron chi connectivity index (χ1n) is 5.39. The molecule has 1 atom stereocenters. The van der Waals surface area contributed by atoms with Gasteiger partial charge in [0.15, 0.2) is 0 Å². The summed E-state index contributed by atoms with van der Waals surface area (Å²) in [7, 11) is 0. The molecule has 0 saturated heterocycles. The molecule has 0 saturated carbocycles. The first-order chi connectivity index (χ1) is 7.20. The van der Waals surface area contributed by atoms with Crippen LogP contribution < -0.4 is 5.32 Å². The minimum atomic E-state index is -0.175. The van der Waals surface area contributed by atoms with Crippen molar-refractivity contribution >= 4 is 0 Å². The van der Waals surface area contributed by atoms with Gasteiger partial charge in [0.2, 0.25) is 0 Å². The summed E-state index contributed by atoms with van der Waals surface area (Å²) in [6.45, 7) is 7.10. The lowest BCUT2D eigenvalue weighted by molar-refractivity contribution is 0.616. The zero-order chi connectivity index (χ0) is 11.3. The van der Waals surface area contributed by atoms with Crippen LogP contribution in [-0.2, 0) is 0 Å². The zero-order valence-corrected chi connectivity index (χ0v) is 9.67. The Morgan fingerprint density at radius 3 is 2.40 bits per heavy atom. The molecule has 0 amide bonds. The molecule has 1 unspecified atom stereocenters. The molecule has 0 aliphatic carbocycles. The number of nitrogens with zero attached hydrogens (tertiary/aromatic N) is 1. The molecule has 0 bridgehead atoms. The van der Waals surface area contributed by atoms with E-state index in [0.29, 0.717) is 0 Å². The first kappa shape index (κ1) is 11.7. The molecule has 0 spiro atoms. The third kappa shape index (κ3) is 2.81. The minimum Gasteiger partial charge on any atom is -0.298 e. The van der Waals surface area contributed by atoms with Crippen molar-refractivity contribution in [2.24, 2.45) is 0 Å². The van der Waals surface area contributed by atoms with Crippen LogP contribution in [-0.4, -0.2) is 6.54 Å². The van der Waals surface area contributed by atoms with Gasteiger partial charge >= 0.3 is 0 Å². The summed E-state index contributed by atoms with van der Waals surface area (Å²) in [6, 6.07) is 8.29. The van der Waals surface area contributed by atoms with Crippen LogP contribution in [0.25, 0.3) is 0 Å². The van der Waals surface area contributed by atoms with Crippen LogP contribution in [0.4, 0.5) is 0 Å². The molecule has 2 heteroatoms. The molecular weight excluding hydrogens is 184 g/mol. The second-order valence-corrected chi connectivity index (χ2v) is 3.82. The van der Waals surface area contributed by atoms with Crippen LogP contribution in [0.3, 0.4) is 0 Å². The van der Waals surface area contributed by atoms with Crippen LogP contribution in [0.5, 0.6) is 0 Å². The molecule has 0 aliphatic rings. The number of rotatable bonds is 4. The number of benzene rings is 1. The summed E-state index contributed by atoms with van der Waals surface area (Å²) in [6.07, 6.45) is 1.04. The molecular formula is C13H18N2. The predicted molar refractivity (Wildman–Crippen MR) is 62.6 cm³/mol. The number of nitriles is 1. The number of aryl methyl sites for hydroxylation is 2. The fraction of sp³-hybridized carbons (Fsp3) is 0.462. The SMILES string of the molecule is CCCNC(C#N)c1c(C)cccc1C. The molecule has 1 rings (SSSR count). The fourth-order valence-electron chi connectivity index (χ4n) is 1.78. The van der Waals surface area contributed by atoms with Gasteiger partial charge in [0.05, 0.1) is 6.07 Å². The third-order valence-corrected chi connectivity index (χ3v) is 2.56. The van der Waals surface area contributed by atoms with Gasteiger partial charge in [0, 0.05) is 0 Å². The number of nitrogens with one attached hydrogen (secondary N) is 1. The van der Waals surface area contributed by atoms with Gasteiger partial charge in [-0.3, -0.25) is 5.32 Å². The van der Waals surface area contributed by atoms with Gasteiger partial charge < -0.3 is 0 Å². The lowest BCUT2D eigenvalue weighted by atomic mass is 9.97. The van der Waals surface area contributed by atoms with E-state index >= 15 is 0 Å². The molecule has 0 radical (unpaired) electrons. The number of hydrogen-bond acceptors (Lipinski definition) is 2. The summed E-state index contributed by atoms with van der Waals surface area (Å²) >= 11 is 0. The standard InChI is InChI=1S/C13H18N2/c1-4-8-15-12(9-14)13-10(2)6-5-7-11(13)3/h5-7,12,15H,4,8H2,1-3H3. The van der Waals surface area contributed by atoms with Crippen molar-refractivity contribution in [3.63, 3.8) is 0 Å². The van der Waals surface area contributed by atoms with E-state index in [4.69, 9.17) is 5.26 Å². The van der Waals surface area contributed by atoms with Crippen LogP contribution >= 0.6 is 0 Å². The summed E-state index contributed by atoms with van der Waals surface area (Å²) in [5.74, 6) is 0. The molecule has 0 aliphatic heterocycles. The lowest BCUT2D eigenvalue weighted by Crippen LogP contribution is -2.22. The monoisotopic (exact) mass is 202 g/mol. The van der Waals surface area contributed by atoms with E-state index < -0.39 is 0 Å². The highest BCUT2D eigenvalue weighted by atomic mass is 14.9. The second kappa shape index (κ2) is 5.53. The summed E-state index contributed by atoms with van der Waals surface area (Å²) in [5.41, 5.74) is 3.50. The molecule has 0 heterocycles. The first-order valence-corrected chi connectivity index (χ1v) is 5.39. The van der Waals surface area contributed by atoms with Crippen molar-refractivity contribution in [1.29, 1.82) is 5.26 Å². The highest BCUT2D eigenvalue weighted by molar-refractivity contribution is 5.38. The Bertz CT molecular complexity index is 343. The Morgan fingerprint density at radius 2 is 1.93 bits per heavy atom. The smallest absolute Gasteiger partial charge is 0.121 e. The van der Waals surface area contributed by atoms with E-state index in [1.807, 2.05) is 6.07 Å². The predicted octanol–water partition coefficient (Wildman–Crippen LogP) is 2.87. The van der Waals surface area contributed by atoms with E-state index in [9.17, 15) is 0 Å². The van der Waals surface area contributed by atoms with Crippen molar-refractivity contribution in [2.75, 3.05) is 6.54 Å². The quantitative estimate of drug-likeness (QED) is 0.815. The van der Waals surface area contributed by atoms with E-state index in [1.165, 1.54) is 11.1 Å². The third-order valence-electron chi connectivity index (χ3n) is 2.56. The summed E-state index contributed by atoms with van der Waals surface area (Å²) in [4.78, 5) is 0. The summed E-state index contributed by atoms with van der Waals surface area (Å²) in [5, 5.41) is 12.4. The van der Waals surface area contributed by atoms with Gasteiger partial charge in [0.25, 0.3) is 0 Å². The lowest BCUT2D eigenvalue weighted by Gasteiger charge is -2.16. The minimum absolute atomic E-state index is 0.175. The Kier molecular flexibility index (Phi) is 4.33. The average molecular weight is 202 g/mol. The largest absolute Gasteiger partial charge is 0.298 e. The maximum absolute atomic E-state index is 9.14. The van der Waals surface area contributed by atoms with Gasteiger partial charge in [-0.1, -0.05) is 25.1 Å². The number of hydrogen-bond donors (Lipinski definition) is 1. The molecule has 0 aromatic heterocycles. The summed E-state index contributed by atoms with van der Waals surface area (Å²) < 4.78 is 0. The van der Waals surface area contributed by atoms with Crippen LogP contribution in [0, 0.1) is 25.2 Å². The molecule has 80 valence electrons. The van der Waals surface area contributed by atoms with Crippen molar-refractivity contribution in [2.45, 2.75) is 33.2 Å². The van der Waals surface area contributed by atoms with E-state index in [2.05, 4.69) is 44.3 Å². The van der Waals surface area contributed by atoms with Crippen molar-refractivity contribution in [3.05, 3.63) is 34.9 Å². The molecule has 1 aromatic rings. The van der Waals surface area contributed by atoms with Crippen molar-refractivity contribution in [1.82, 2.24) is 5.32 Å². The molecule has 15 heavy (non-hydrogen) atoms. The molecule has 1 aromatic carbocycles. The van der Waals surface area contributed by atoms with Gasteiger partial charge in [-0.25, -0.2) is 0 Å². The fourth-order valence-corrected chi connectivity index (χ4v) is 1.78. The van der Waals surface area contributed by atoms with Gasteiger partial charge in [-0.15, -0.1) is 0 Å². The van der Waals surface area contributed by atoms with Crippen LogP contribution in [0.2, 0.25) is 0 Å². The Labute approximate surface area is 91.9 Å². The Balaban J connectivity index is 2.97. The van der Waals surface area contributed by atoms with E-state index in [0.717, 1.165) is 18.5 Å². The van der Waals surface area contributed by atoms with Gasteiger partial charge in [0.1, 0.15) is 6.04 Å². The molecule has 1 N–H and O–H groups in total. The molecule has 2 nitrogen and oxygen atoms in total. The van der Waals surface area contributed by atoms with Crippen LogP contribution in [0.1, 0.15) is 36.1 Å². The van der Waals surface area contributed by atoms with Gasteiger partial charge in [-0.2, -0.15) is 5.26 Å². The van der Waals surface area contributed by atoms with Gasteiger partial charge in [-0.05, 0) is 43.5 Å². The molecule has 0 fully saturated rings. The van der Waals surface area contributed by atoms with E-state index in [-0.39, 0.29) is 6.04 Å². The maximum Gasteiger partial charge on any atom is 0.121 e. The normalized spacial score (nSPS) is 12.1. The van der Waals surface area contributed by atoms with Crippen LogP contribution in [0.15, 0.2) is 18.2 Å². The highest BCUT2D eigenvalue weighted by Crippen LogP contribution is 2.21. The average Bonchev–Trinajstić information content (AvgIpc) is 2.22. The zero-order valence-electron chi connectivity index (χ0n) is 9.67. The Morgan fingerprint density at radius 1 is 1.33 bits per heavy atom. The van der Waals surface area contributed by atoms with Crippen molar-refractivity contribution in [3.8, 4) is 6.07 Å². The topological polar surface area (TPSA) is 35.8 Å². The van der Waals surface area contributed by atoms with Crippen molar-refractivity contribution < 1.29 is 0 Å².